The molecule has 0 aliphatic heterocycles. The van der Waals surface area contributed by atoms with Gasteiger partial charge in [0.1, 0.15) is 0 Å². The Bertz CT molecular complexity index is 192. The maximum absolute atomic E-state index is 10.3. The van der Waals surface area contributed by atoms with Crippen LogP contribution in [0.1, 0.15) is 0 Å². The van der Waals surface area contributed by atoms with Crippen molar-refractivity contribution in [1.82, 2.24) is 0 Å². The molecule has 0 spiro atoms. The summed E-state index contributed by atoms with van der Waals surface area (Å²) < 4.78 is 1.07. The number of hydrogen-bond acceptors (Lipinski definition) is 4. The molecule has 0 bridgehead atoms. The molecular formula is C6H12N2O4Te2. The Morgan fingerprint density at radius 1 is 1.00 bits per heavy atom. The van der Waals surface area contributed by atoms with Gasteiger partial charge in [-0.15, -0.1) is 0 Å². The van der Waals surface area contributed by atoms with E-state index in [4.69, 9.17) is 21.7 Å². The van der Waals surface area contributed by atoms with Crippen LogP contribution in [0.15, 0.2) is 0 Å². The summed E-state index contributed by atoms with van der Waals surface area (Å²) in [5.74, 6) is -1.96. The van der Waals surface area contributed by atoms with Gasteiger partial charge in [-0.2, -0.15) is 0 Å². The molecule has 14 heavy (non-hydrogen) atoms. The molecule has 2 atom stereocenters. The first-order chi connectivity index (χ1) is 6.45. The van der Waals surface area contributed by atoms with Crippen molar-refractivity contribution in [2.45, 2.75) is 21.0 Å². The summed E-state index contributed by atoms with van der Waals surface area (Å²) >= 11 is -0.795. The molecule has 8 heteroatoms. The summed E-state index contributed by atoms with van der Waals surface area (Å²) in [4.78, 5) is 20.7. The van der Waals surface area contributed by atoms with E-state index < -0.39 is 58.1 Å². The van der Waals surface area contributed by atoms with Crippen LogP contribution in [0, 0.1) is 0 Å². The van der Waals surface area contributed by atoms with Crippen molar-refractivity contribution in [3.8, 4) is 0 Å². The van der Waals surface area contributed by atoms with Crippen molar-refractivity contribution in [3.63, 3.8) is 0 Å². The van der Waals surface area contributed by atoms with Crippen molar-refractivity contribution in [1.29, 1.82) is 0 Å². The average Bonchev–Trinajstić information content (AvgIpc) is 2.11. The summed E-state index contributed by atoms with van der Waals surface area (Å²) in [6, 6.07) is -1.55. The summed E-state index contributed by atoms with van der Waals surface area (Å²) in [7, 11) is 0. The normalized spacial score (nSPS) is 14.7. The van der Waals surface area contributed by atoms with Gasteiger partial charge < -0.3 is 0 Å². The van der Waals surface area contributed by atoms with Crippen LogP contribution < -0.4 is 11.5 Å². The number of nitrogens with two attached hydrogens (primary N) is 2. The van der Waals surface area contributed by atoms with Gasteiger partial charge in [0.25, 0.3) is 0 Å². The Morgan fingerprint density at radius 3 is 1.50 bits per heavy atom. The van der Waals surface area contributed by atoms with E-state index in [2.05, 4.69) is 0 Å². The monoisotopic (exact) mass is 436 g/mol. The SMILES string of the molecule is N[C@@H](C[Te][Te]C[C@H](N)C(=O)O)C(=O)O. The first kappa shape index (κ1) is 14.4. The molecule has 0 aromatic carbocycles. The van der Waals surface area contributed by atoms with Crippen LogP contribution >= 0.6 is 0 Å². The molecule has 0 fully saturated rings. The quantitative estimate of drug-likeness (QED) is 0.272. The van der Waals surface area contributed by atoms with Crippen molar-refractivity contribution < 1.29 is 19.8 Å². The molecule has 0 aromatic heterocycles. The molecule has 0 amide bonds. The molecule has 82 valence electrons. The van der Waals surface area contributed by atoms with Gasteiger partial charge in [0.2, 0.25) is 0 Å². The van der Waals surface area contributed by atoms with Gasteiger partial charge in [0.05, 0.1) is 0 Å². The minimum absolute atomic E-state index is 0.397. The van der Waals surface area contributed by atoms with Crippen LogP contribution in [0.4, 0.5) is 0 Å². The van der Waals surface area contributed by atoms with Crippen molar-refractivity contribution in [3.05, 3.63) is 0 Å². The fourth-order valence-corrected chi connectivity index (χ4v) is 11.9. The maximum atomic E-state index is 10.3. The van der Waals surface area contributed by atoms with Crippen LogP contribution in [0.25, 0.3) is 0 Å². The van der Waals surface area contributed by atoms with E-state index in [1.807, 2.05) is 0 Å². The third-order valence-electron chi connectivity index (χ3n) is 1.21. The van der Waals surface area contributed by atoms with E-state index in [9.17, 15) is 9.59 Å². The standard InChI is InChI=1S/C6H12N2O4Te2/c7-3(5(9)10)1-13-14-2-4(8)6(11)12/h3-4H,1-2,7-8H2,(H,9,10)(H,11,12)/t3-,4-/m0/s1. The van der Waals surface area contributed by atoms with Crippen molar-refractivity contribution in [2.75, 3.05) is 0 Å². The average molecular weight is 431 g/mol. The van der Waals surface area contributed by atoms with E-state index in [-0.39, 0.29) is 0 Å². The summed E-state index contributed by atoms with van der Waals surface area (Å²) in [6.45, 7) is 0. The number of carbonyl (C=O) groups is 2. The molecule has 0 rings (SSSR count). The van der Waals surface area contributed by atoms with E-state index in [1.165, 1.54) is 0 Å². The molecule has 0 unspecified atom stereocenters. The number of carboxylic acids is 2. The molecule has 6 N–H and O–H groups in total. The third kappa shape index (κ3) is 6.83. The Kier molecular flexibility index (Phi) is 7.94. The second-order valence-corrected chi connectivity index (χ2v) is 14.7. The number of carboxylic acid groups (broad SMARTS) is 2. The molecular weight excluding hydrogens is 419 g/mol. The molecule has 0 radical (unpaired) electrons. The van der Waals surface area contributed by atoms with E-state index in [0.717, 1.165) is 0 Å². The van der Waals surface area contributed by atoms with Gasteiger partial charge in [0.15, 0.2) is 0 Å². The second kappa shape index (κ2) is 7.69. The summed E-state index contributed by atoms with van der Waals surface area (Å²) in [5, 5.41) is 16.9. The van der Waals surface area contributed by atoms with Crippen LogP contribution in [0.3, 0.4) is 0 Å². The van der Waals surface area contributed by atoms with Gasteiger partial charge in [0, 0.05) is 0 Å². The van der Waals surface area contributed by atoms with Crippen molar-refractivity contribution >= 4 is 46.1 Å². The van der Waals surface area contributed by atoms with E-state index in [0.29, 0.717) is 8.94 Å². The topological polar surface area (TPSA) is 127 Å². The predicted octanol–water partition coefficient (Wildman–Crippen LogP) is -2.03. The number of aliphatic carboxylic acids is 2. The van der Waals surface area contributed by atoms with Gasteiger partial charge in [-0.1, -0.05) is 0 Å². The van der Waals surface area contributed by atoms with Crippen LogP contribution in [0.5, 0.6) is 0 Å². The van der Waals surface area contributed by atoms with E-state index in [1.54, 1.807) is 0 Å². The minimum atomic E-state index is -0.981. The molecule has 0 aliphatic carbocycles. The zero-order valence-corrected chi connectivity index (χ0v) is 11.9. The molecule has 0 aliphatic rings. The van der Waals surface area contributed by atoms with Crippen molar-refractivity contribution in [2.24, 2.45) is 11.5 Å². The zero-order valence-electron chi connectivity index (χ0n) is 7.25. The molecule has 6 nitrogen and oxygen atoms in total. The molecule has 0 heterocycles. The third-order valence-corrected chi connectivity index (χ3v) is 12.9. The summed E-state index contributed by atoms with van der Waals surface area (Å²) in [6.07, 6.45) is 0. The van der Waals surface area contributed by atoms with Crippen LogP contribution in [-0.2, 0) is 9.59 Å². The fraction of sp³-hybridized carbons (Fsp3) is 0.667. The fourth-order valence-electron chi connectivity index (χ4n) is 0.385. The van der Waals surface area contributed by atoms with Gasteiger partial charge in [-0.05, 0) is 0 Å². The van der Waals surface area contributed by atoms with Gasteiger partial charge in [-0.3, -0.25) is 0 Å². The van der Waals surface area contributed by atoms with Gasteiger partial charge in [-0.25, -0.2) is 0 Å². The van der Waals surface area contributed by atoms with Gasteiger partial charge >= 0.3 is 98.3 Å². The molecule has 0 saturated heterocycles. The Balaban J connectivity index is 3.47. The van der Waals surface area contributed by atoms with Crippen LogP contribution in [-0.4, -0.2) is 68.3 Å². The molecule has 0 aromatic rings. The molecule has 0 saturated carbocycles. The number of hydrogen-bond donors (Lipinski definition) is 4. The first-order valence-electron chi connectivity index (χ1n) is 3.66. The first-order valence-corrected chi connectivity index (χ1v) is 14.3. The zero-order chi connectivity index (χ0) is 11.1. The Labute approximate surface area is 97.7 Å². The summed E-state index contributed by atoms with van der Waals surface area (Å²) in [5.41, 5.74) is 10.6. The Morgan fingerprint density at radius 2 is 1.29 bits per heavy atom. The number of rotatable bonds is 7. The van der Waals surface area contributed by atoms with E-state index >= 15 is 0 Å². The second-order valence-electron chi connectivity index (χ2n) is 2.46. The Hall–Kier alpha value is 0.439. The predicted molar refractivity (Wildman–Crippen MR) is 52.3 cm³/mol. The van der Waals surface area contributed by atoms with Crippen LogP contribution in [0.2, 0.25) is 8.94 Å².